The third-order valence-electron chi connectivity index (χ3n) is 5.33. The van der Waals surface area contributed by atoms with Gasteiger partial charge in [-0.3, -0.25) is 4.79 Å². The van der Waals surface area contributed by atoms with Crippen molar-refractivity contribution in [2.24, 2.45) is 5.92 Å². The average Bonchev–Trinajstić information content (AvgIpc) is 2.73. The van der Waals surface area contributed by atoms with Gasteiger partial charge in [-0.15, -0.1) is 0 Å². The number of nitrogens with one attached hydrogen (secondary N) is 2. The second kappa shape index (κ2) is 10.1. The van der Waals surface area contributed by atoms with Gasteiger partial charge in [-0.1, -0.05) is 19.1 Å². The van der Waals surface area contributed by atoms with E-state index in [1.54, 1.807) is 7.11 Å². The van der Waals surface area contributed by atoms with Crippen molar-refractivity contribution in [2.45, 2.75) is 26.2 Å². The molecule has 0 bridgehead atoms. The van der Waals surface area contributed by atoms with E-state index in [4.69, 9.17) is 4.74 Å². The molecule has 2 aromatic carbocycles. The number of rotatable bonds is 8. The van der Waals surface area contributed by atoms with Gasteiger partial charge in [-0.05, 0) is 73.7 Å². The highest BCUT2D eigenvalue weighted by Gasteiger charge is 2.15. The normalized spacial score (nSPS) is 14.7. The highest BCUT2D eigenvalue weighted by molar-refractivity contribution is 5.92. The van der Waals surface area contributed by atoms with Crippen LogP contribution in [-0.4, -0.2) is 39.2 Å². The largest absolute Gasteiger partial charge is 0.497 e. The topological polar surface area (TPSA) is 53.6 Å². The SMILES string of the molecule is COc1ccc(CCNCC(=O)Nc2ccc(N3CCC(C)CC3)cc2)cc1. The van der Waals surface area contributed by atoms with Crippen molar-refractivity contribution in [1.29, 1.82) is 0 Å². The summed E-state index contributed by atoms with van der Waals surface area (Å²) >= 11 is 0. The van der Waals surface area contributed by atoms with Crippen molar-refractivity contribution in [3.05, 3.63) is 54.1 Å². The predicted octanol–water partition coefficient (Wildman–Crippen LogP) is 3.70. The first-order valence-electron chi connectivity index (χ1n) is 10.1. The maximum absolute atomic E-state index is 12.1. The third kappa shape index (κ3) is 5.99. The van der Waals surface area contributed by atoms with Gasteiger partial charge < -0.3 is 20.3 Å². The maximum Gasteiger partial charge on any atom is 0.238 e. The van der Waals surface area contributed by atoms with Crippen LogP contribution in [-0.2, 0) is 11.2 Å². The lowest BCUT2D eigenvalue weighted by Gasteiger charge is -2.32. The Balaban J connectivity index is 1.37. The third-order valence-corrected chi connectivity index (χ3v) is 5.33. The van der Waals surface area contributed by atoms with Gasteiger partial charge in [0.25, 0.3) is 0 Å². The summed E-state index contributed by atoms with van der Waals surface area (Å²) in [5.74, 6) is 1.67. The summed E-state index contributed by atoms with van der Waals surface area (Å²) in [7, 11) is 1.66. The zero-order chi connectivity index (χ0) is 19.8. The number of ether oxygens (including phenoxy) is 1. The lowest BCUT2D eigenvalue weighted by Crippen LogP contribution is -2.32. The molecule has 1 aliphatic rings. The minimum atomic E-state index is -0.0192. The van der Waals surface area contributed by atoms with E-state index in [-0.39, 0.29) is 5.91 Å². The summed E-state index contributed by atoms with van der Waals surface area (Å²) < 4.78 is 5.16. The van der Waals surface area contributed by atoms with Crippen LogP contribution < -0.4 is 20.3 Å². The lowest BCUT2D eigenvalue weighted by molar-refractivity contribution is -0.115. The monoisotopic (exact) mass is 381 g/mol. The second-order valence-electron chi connectivity index (χ2n) is 7.54. The number of methoxy groups -OCH3 is 1. The van der Waals surface area contributed by atoms with E-state index in [9.17, 15) is 4.79 Å². The van der Waals surface area contributed by atoms with E-state index < -0.39 is 0 Å². The Hall–Kier alpha value is -2.53. The Morgan fingerprint density at radius 3 is 2.39 bits per heavy atom. The number of carbonyl (C=O) groups is 1. The molecule has 0 radical (unpaired) electrons. The van der Waals surface area contributed by atoms with Gasteiger partial charge in [0.2, 0.25) is 5.91 Å². The molecule has 1 fully saturated rings. The van der Waals surface area contributed by atoms with Gasteiger partial charge in [0.05, 0.1) is 13.7 Å². The minimum Gasteiger partial charge on any atom is -0.497 e. The summed E-state index contributed by atoms with van der Waals surface area (Å²) in [6.07, 6.45) is 3.38. The summed E-state index contributed by atoms with van der Waals surface area (Å²) in [6, 6.07) is 16.2. The number of anilines is 2. The fourth-order valence-corrected chi connectivity index (χ4v) is 3.45. The van der Waals surface area contributed by atoms with E-state index in [2.05, 4.69) is 34.6 Å². The Morgan fingerprint density at radius 2 is 1.75 bits per heavy atom. The molecule has 1 heterocycles. The second-order valence-corrected chi connectivity index (χ2v) is 7.54. The first-order valence-corrected chi connectivity index (χ1v) is 10.1. The number of amides is 1. The Labute approximate surface area is 168 Å². The predicted molar refractivity (Wildman–Crippen MR) is 115 cm³/mol. The number of piperidine rings is 1. The molecule has 5 heteroatoms. The Morgan fingerprint density at radius 1 is 1.07 bits per heavy atom. The smallest absolute Gasteiger partial charge is 0.238 e. The van der Waals surface area contributed by atoms with Crippen molar-refractivity contribution in [3.63, 3.8) is 0 Å². The number of nitrogens with zero attached hydrogens (tertiary/aromatic N) is 1. The molecule has 0 aromatic heterocycles. The Kier molecular flexibility index (Phi) is 7.31. The standard InChI is InChI=1S/C23H31N3O2/c1-18-12-15-26(16-13-18)21-7-5-20(6-8-21)25-23(27)17-24-14-11-19-3-9-22(28-2)10-4-19/h3-10,18,24H,11-17H2,1-2H3,(H,25,27). The number of carbonyl (C=O) groups excluding carboxylic acids is 1. The quantitative estimate of drug-likeness (QED) is 0.685. The fraction of sp³-hybridized carbons (Fsp3) is 0.435. The van der Waals surface area contributed by atoms with E-state index >= 15 is 0 Å². The molecule has 28 heavy (non-hydrogen) atoms. The molecule has 150 valence electrons. The molecular weight excluding hydrogens is 350 g/mol. The molecule has 1 saturated heterocycles. The summed E-state index contributed by atoms with van der Waals surface area (Å²) in [5, 5.41) is 6.15. The molecule has 0 spiro atoms. The van der Waals surface area contributed by atoms with Gasteiger partial charge in [-0.25, -0.2) is 0 Å². The minimum absolute atomic E-state index is 0.0192. The zero-order valence-corrected chi connectivity index (χ0v) is 16.9. The number of hydrogen-bond acceptors (Lipinski definition) is 4. The van der Waals surface area contributed by atoms with Crippen LogP contribution in [0.5, 0.6) is 5.75 Å². The maximum atomic E-state index is 12.1. The van der Waals surface area contributed by atoms with Gasteiger partial charge in [0.15, 0.2) is 0 Å². The fourth-order valence-electron chi connectivity index (χ4n) is 3.45. The number of benzene rings is 2. The summed E-state index contributed by atoms with van der Waals surface area (Å²) in [4.78, 5) is 14.6. The van der Waals surface area contributed by atoms with Gasteiger partial charge >= 0.3 is 0 Å². The first kappa shape index (κ1) is 20.2. The van der Waals surface area contributed by atoms with Crippen LogP contribution in [0.4, 0.5) is 11.4 Å². The Bertz CT molecular complexity index is 735. The highest BCUT2D eigenvalue weighted by atomic mass is 16.5. The molecule has 3 rings (SSSR count). The van der Waals surface area contributed by atoms with E-state index in [0.29, 0.717) is 6.54 Å². The molecule has 2 N–H and O–H groups in total. The number of hydrogen-bond donors (Lipinski definition) is 2. The molecule has 5 nitrogen and oxygen atoms in total. The molecule has 0 unspecified atom stereocenters. The molecule has 0 saturated carbocycles. The van der Waals surface area contributed by atoms with Crippen molar-refractivity contribution < 1.29 is 9.53 Å². The highest BCUT2D eigenvalue weighted by Crippen LogP contribution is 2.24. The van der Waals surface area contributed by atoms with Crippen LogP contribution in [0.3, 0.4) is 0 Å². The molecule has 1 aliphatic heterocycles. The molecular formula is C23H31N3O2. The van der Waals surface area contributed by atoms with Crippen molar-refractivity contribution in [2.75, 3.05) is 43.5 Å². The molecule has 0 atom stereocenters. The average molecular weight is 382 g/mol. The molecule has 1 amide bonds. The van der Waals surface area contributed by atoms with Crippen LogP contribution in [0, 0.1) is 5.92 Å². The first-order chi connectivity index (χ1) is 13.6. The summed E-state index contributed by atoms with van der Waals surface area (Å²) in [6.45, 7) is 5.62. The van der Waals surface area contributed by atoms with Crippen LogP contribution in [0.15, 0.2) is 48.5 Å². The van der Waals surface area contributed by atoms with Gasteiger partial charge in [-0.2, -0.15) is 0 Å². The van der Waals surface area contributed by atoms with E-state index in [0.717, 1.165) is 43.4 Å². The van der Waals surface area contributed by atoms with Gasteiger partial charge in [0, 0.05) is 24.5 Å². The van der Waals surface area contributed by atoms with Crippen molar-refractivity contribution in [3.8, 4) is 5.75 Å². The van der Waals surface area contributed by atoms with E-state index in [1.165, 1.54) is 24.1 Å². The van der Waals surface area contributed by atoms with Crippen molar-refractivity contribution >= 4 is 17.3 Å². The van der Waals surface area contributed by atoms with E-state index in [1.807, 2.05) is 36.4 Å². The molecule has 2 aromatic rings. The van der Waals surface area contributed by atoms with Gasteiger partial charge in [0.1, 0.15) is 5.75 Å². The summed E-state index contributed by atoms with van der Waals surface area (Å²) in [5.41, 5.74) is 3.30. The van der Waals surface area contributed by atoms with Crippen LogP contribution in [0.1, 0.15) is 25.3 Å². The van der Waals surface area contributed by atoms with Crippen LogP contribution in [0.25, 0.3) is 0 Å². The van der Waals surface area contributed by atoms with Crippen LogP contribution >= 0.6 is 0 Å². The van der Waals surface area contributed by atoms with Crippen molar-refractivity contribution in [1.82, 2.24) is 5.32 Å². The lowest BCUT2D eigenvalue weighted by atomic mass is 9.99. The van der Waals surface area contributed by atoms with Crippen LogP contribution in [0.2, 0.25) is 0 Å². The molecule has 0 aliphatic carbocycles. The zero-order valence-electron chi connectivity index (χ0n) is 16.9.